The van der Waals surface area contributed by atoms with E-state index in [4.69, 9.17) is 11.6 Å². The molecule has 2 rings (SSSR count). The molecule has 0 radical (unpaired) electrons. The summed E-state index contributed by atoms with van der Waals surface area (Å²) in [5.41, 5.74) is -0.680. The van der Waals surface area contributed by atoms with Crippen molar-refractivity contribution in [2.75, 3.05) is 13.1 Å². The molecule has 5 heteroatoms. The average molecular weight is 269 g/mol. The highest BCUT2D eigenvalue weighted by molar-refractivity contribution is 9.10. The Morgan fingerprint density at radius 1 is 1.67 bits per heavy atom. The third-order valence-corrected chi connectivity index (χ3v) is 4.61. The van der Waals surface area contributed by atoms with Crippen LogP contribution in [0.15, 0.2) is 10.5 Å². The number of halogens is 2. The molecule has 0 aliphatic carbocycles. The molecule has 1 aliphatic heterocycles. The Hall–Kier alpha value is 0.390. The summed E-state index contributed by atoms with van der Waals surface area (Å²) >= 11 is 10.6. The van der Waals surface area contributed by atoms with Crippen LogP contribution in [0.4, 0.5) is 0 Å². The number of aliphatic hydroxyl groups is 1. The highest BCUT2D eigenvalue weighted by Gasteiger charge is 2.37. The van der Waals surface area contributed by atoms with Crippen LogP contribution in [0.2, 0.25) is 4.34 Å². The fourth-order valence-electron chi connectivity index (χ4n) is 1.11. The zero-order valence-electron chi connectivity index (χ0n) is 6.10. The fourth-order valence-corrected chi connectivity index (χ4v) is 2.90. The van der Waals surface area contributed by atoms with Gasteiger partial charge in [0.1, 0.15) is 9.94 Å². The van der Waals surface area contributed by atoms with Gasteiger partial charge in [-0.1, -0.05) is 11.6 Å². The van der Waals surface area contributed by atoms with Gasteiger partial charge in [0.2, 0.25) is 0 Å². The van der Waals surface area contributed by atoms with Crippen LogP contribution in [0.5, 0.6) is 0 Å². The van der Waals surface area contributed by atoms with Gasteiger partial charge < -0.3 is 10.4 Å². The molecule has 12 heavy (non-hydrogen) atoms. The van der Waals surface area contributed by atoms with Gasteiger partial charge in [0, 0.05) is 22.4 Å². The summed E-state index contributed by atoms with van der Waals surface area (Å²) in [6, 6.07) is 1.88. The highest BCUT2D eigenvalue weighted by atomic mass is 79.9. The normalized spacial score (nSPS) is 20.6. The molecule has 1 aliphatic rings. The Morgan fingerprint density at radius 3 is 2.67 bits per heavy atom. The Morgan fingerprint density at radius 2 is 2.33 bits per heavy atom. The van der Waals surface area contributed by atoms with Gasteiger partial charge >= 0.3 is 0 Å². The predicted octanol–water partition coefficient (Wildman–Crippen LogP) is 1.95. The van der Waals surface area contributed by atoms with E-state index in [1.54, 1.807) is 0 Å². The van der Waals surface area contributed by atoms with Crippen molar-refractivity contribution in [3.63, 3.8) is 0 Å². The minimum atomic E-state index is -0.680. The maximum atomic E-state index is 9.89. The molecule has 1 aromatic heterocycles. The van der Waals surface area contributed by atoms with Crippen LogP contribution >= 0.6 is 38.9 Å². The highest BCUT2D eigenvalue weighted by Crippen LogP contribution is 2.38. The summed E-state index contributed by atoms with van der Waals surface area (Å²) in [6.07, 6.45) is 0. The van der Waals surface area contributed by atoms with Crippen molar-refractivity contribution < 1.29 is 5.11 Å². The van der Waals surface area contributed by atoms with Crippen LogP contribution in [0.3, 0.4) is 0 Å². The lowest BCUT2D eigenvalue weighted by atomic mass is 9.96. The molecule has 1 aromatic rings. The molecule has 0 bridgehead atoms. The van der Waals surface area contributed by atoms with Crippen molar-refractivity contribution in [3.8, 4) is 0 Å². The lowest BCUT2D eigenvalue weighted by Crippen LogP contribution is -2.56. The topological polar surface area (TPSA) is 32.3 Å². The van der Waals surface area contributed by atoms with E-state index >= 15 is 0 Å². The van der Waals surface area contributed by atoms with E-state index in [1.165, 1.54) is 11.3 Å². The maximum Gasteiger partial charge on any atom is 0.123 e. The minimum absolute atomic E-state index is 0.621. The van der Waals surface area contributed by atoms with Crippen LogP contribution in [0, 0.1) is 0 Å². The molecule has 0 spiro atoms. The second-order valence-electron chi connectivity index (χ2n) is 2.87. The van der Waals surface area contributed by atoms with E-state index in [1.807, 2.05) is 6.07 Å². The van der Waals surface area contributed by atoms with Gasteiger partial charge in [0.25, 0.3) is 0 Å². The van der Waals surface area contributed by atoms with E-state index in [0.717, 1.165) is 9.35 Å². The molecule has 66 valence electrons. The standard InChI is InChI=1S/C7H7BrClNOS/c8-4-1-5(12-6(4)9)7(11)2-10-3-7/h1,10-11H,2-3H2. The van der Waals surface area contributed by atoms with Gasteiger partial charge in [-0.2, -0.15) is 0 Å². The number of nitrogens with one attached hydrogen (secondary N) is 1. The summed E-state index contributed by atoms with van der Waals surface area (Å²) in [6.45, 7) is 1.24. The van der Waals surface area contributed by atoms with Gasteiger partial charge in [-0.25, -0.2) is 0 Å². The molecule has 0 saturated carbocycles. The first-order valence-electron chi connectivity index (χ1n) is 3.50. The number of rotatable bonds is 1. The molecule has 0 atom stereocenters. The van der Waals surface area contributed by atoms with Crippen LogP contribution in [0.25, 0.3) is 0 Å². The maximum absolute atomic E-state index is 9.89. The third-order valence-electron chi connectivity index (χ3n) is 1.94. The van der Waals surface area contributed by atoms with Crippen LogP contribution in [0.1, 0.15) is 4.88 Å². The van der Waals surface area contributed by atoms with E-state index < -0.39 is 5.60 Å². The van der Waals surface area contributed by atoms with Gasteiger partial charge in [0.05, 0.1) is 0 Å². The Labute approximate surface area is 87.7 Å². The Bertz CT molecular complexity index is 291. The molecule has 1 fully saturated rings. The van der Waals surface area contributed by atoms with Crippen molar-refractivity contribution in [2.45, 2.75) is 5.60 Å². The SMILES string of the molecule is OC1(c2cc(Br)c(Cl)s2)CNC1. The lowest BCUT2D eigenvalue weighted by molar-refractivity contribution is -0.0112. The molecular weight excluding hydrogens is 262 g/mol. The van der Waals surface area contributed by atoms with E-state index in [9.17, 15) is 5.11 Å². The molecule has 2 N–H and O–H groups in total. The van der Waals surface area contributed by atoms with Crippen molar-refractivity contribution in [3.05, 3.63) is 19.8 Å². The smallest absolute Gasteiger partial charge is 0.123 e. The van der Waals surface area contributed by atoms with Gasteiger partial charge in [-0.3, -0.25) is 0 Å². The Kier molecular flexibility index (Phi) is 2.21. The first-order valence-corrected chi connectivity index (χ1v) is 5.49. The van der Waals surface area contributed by atoms with Crippen molar-refractivity contribution >= 4 is 38.9 Å². The summed E-state index contributed by atoms with van der Waals surface area (Å²) < 4.78 is 1.56. The molecule has 2 nitrogen and oxygen atoms in total. The summed E-state index contributed by atoms with van der Waals surface area (Å²) in [7, 11) is 0. The summed E-state index contributed by atoms with van der Waals surface area (Å²) in [5, 5.41) is 12.9. The van der Waals surface area contributed by atoms with Crippen molar-refractivity contribution in [2.24, 2.45) is 0 Å². The fraction of sp³-hybridized carbons (Fsp3) is 0.429. The van der Waals surface area contributed by atoms with Crippen molar-refractivity contribution in [1.82, 2.24) is 5.32 Å². The van der Waals surface area contributed by atoms with Crippen LogP contribution < -0.4 is 5.32 Å². The third kappa shape index (κ3) is 1.32. The molecule has 0 aromatic carbocycles. The quantitative estimate of drug-likeness (QED) is 0.816. The molecule has 1 saturated heterocycles. The largest absolute Gasteiger partial charge is 0.382 e. The van der Waals surface area contributed by atoms with E-state index in [2.05, 4.69) is 21.2 Å². The van der Waals surface area contributed by atoms with Crippen LogP contribution in [-0.2, 0) is 5.60 Å². The zero-order valence-corrected chi connectivity index (χ0v) is 9.26. The number of β-amino-alcohol motifs (C(OH)–C–C–N with tert-alkyl or cyclic N) is 1. The lowest BCUT2D eigenvalue weighted by Gasteiger charge is -2.36. The average Bonchev–Trinajstić information content (AvgIpc) is 2.28. The number of hydrogen-bond acceptors (Lipinski definition) is 3. The minimum Gasteiger partial charge on any atom is -0.382 e. The zero-order chi connectivity index (χ0) is 8.77. The first kappa shape index (κ1) is 8.97. The number of thiophene rings is 1. The monoisotopic (exact) mass is 267 g/mol. The molecular formula is C7H7BrClNOS. The summed E-state index contributed by atoms with van der Waals surface area (Å²) in [5.74, 6) is 0. The predicted molar refractivity (Wildman–Crippen MR) is 53.8 cm³/mol. The van der Waals surface area contributed by atoms with E-state index in [0.29, 0.717) is 17.4 Å². The van der Waals surface area contributed by atoms with Gasteiger partial charge in [-0.15, -0.1) is 11.3 Å². The second kappa shape index (κ2) is 2.96. The van der Waals surface area contributed by atoms with Gasteiger partial charge in [-0.05, 0) is 22.0 Å². The summed E-state index contributed by atoms with van der Waals surface area (Å²) in [4.78, 5) is 0.929. The Balaban J connectivity index is 2.34. The van der Waals surface area contributed by atoms with Gasteiger partial charge in [0.15, 0.2) is 0 Å². The molecule has 0 amide bonds. The molecule has 2 heterocycles. The number of hydrogen-bond donors (Lipinski definition) is 2. The second-order valence-corrected chi connectivity index (χ2v) is 5.38. The van der Waals surface area contributed by atoms with Crippen molar-refractivity contribution in [1.29, 1.82) is 0 Å². The molecule has 0 unspecified atom stereocenters. The van der Waals surface area contributed by atoms with E-state index in [-0.39, 0.29) is 0 Å². The van der Waals surface area contributed by atoms with Crippen LogP contribution in [-0.4, -0.2) is 18.2 Å². The first-order chi connectivity index (χ1) is 5.62.